The van der Waals surface area contributed by atoms with Crippen molar-refractivity contribution < 1.29 is 13.2 Å². The van der Waals surface area contributed by atoms with Crippen molar-refractivity contribution in [2.24, 2.45) is 0 Å². The van der Waals surface area contributed by atoms with Gasteiger partial charge in [0.15, 0.2) is 0 Å². The first kappa shape index (κ1) is 23.0. The third kappa shape index (κ3) is 5.33. The smallest absolute Gasteiger partial charge is 0.338 e. The van der Waals surface area contributed by atoms with E-state index >= 15 is 0 Å². The van der Waals surface area contributed by atoms with Crippen LogP contribution in [0, 0.1) is 0 Å². The lowest BCUT2D eigenvalue weighted by Crippen LogP contribution is -2.52. The van der Waals surface area contributed by atoms with Gasteiger partial charge in [-0.1, -0.05) is 42.5 Å². The van der Waals surface area contributed by atoms with Crippen molar-refractivity contribution in [1.82, 2.24) is 20.3 Å². The molecule has 3 heterocycles. The van der Waals surface area contributed by atoms with E-state index in [-0.39, 0.29) is 6.04 Å². The molecule has 1 aliphatic rings. The van der Waals surface area contributed by atoms with Crippen LogP contribution in [0.4, 0.5) is 19.1 Å². The van der Waals surface area contributed by atoms with Crippen molar-refractivity contribution in [3.63, 3.8) is 0 Å². The highest BCUT2D eigenvalue weighted by atomic mass is 19.4. The molecule has 0 spiro atoms. The molecule has 2 aromatic heterocycles. The average Bonchev–Trinajstić information content (AvgIpc) is 2.89. The third-order valence-corrected chi connectivity index (χ3v) is 6.09. The summed E-state index contributed by atoms with van der Waals surface area (Å²) in [6.07, 6.45) is 1.38. The molecule has 0 radical (unpaired) electrons. The molecule has 178 valence electrons. The van der Waals surface area contributed by atoms with Gasteiger partial charge in [-0.3, -0.25) is 4.98 Å². The summed E-state index contributed by atoms with van der Waals surface area (Å²) in [5.41, 5.74) is 2.86. The number of nitrogens with one attached hydrogen (secondary N) is 1. The fourth-order valence-corrected chi connectivity index (χ4v) is 4.37. The van der Waals surface area contributed by atoms with Crippen LogP contribution in [-0.2, 0) is 12.6 Å². The number of hydrogen-bond acceptors (Lipinski definition) is 5. The topological polar surface area (TPSA) is 53.9 Å². The number of pyridine rings is 1. The number of benzene rings is 2. The van der Waals surface area contributed by atoms with Crippen molar-refractivity contribution in [3.05, 3.63) is 96.4 Å². The Morgan fingerprint density at radius 2 is 1.74 bits per heavy atom. The van der Waals surface area contributed by atoms with Crippen LogP contribution in [0.15, 0.2) is 85.3 Å². The van der Waals surface area contributed by atoms with Crippen molar-refractivity contribution >= 4 is 5.95 Å². The van der Waals surface area contributed by atoms with Crippen molar-refractivity contribution in [1.29, 1.82) is 0 Å². The Labute approximate surface area is 201 Å². The molecule has 5 nitrogen and oxygen atoms in total. The molecule has 1 aliphatic heterocycles. The lowest BCUT2D eigenvalue weighted by Gasteiger charge is -2.34. The number of piperazine rings is 1. The second kappa shape index (κ2) is 9.84. The maximum Gasteiger partial charge on any atom is 0.416 e. The van der Waals surface area contributed by atoms with E-state index in [1.54, 1.807) is 36.8 Å². The minimum Gasteiger partial charge on any atom is -0.338 e. The zero-order valence-corrected chi connectivity index (χ0v) is 18.9. The second-order valence-electron chi connectivity index (χ2n) is 8.53. The van der Waals surface area contributed by atoms with E-state index in [1.807, 2.05) is 18.2 Å². The van der Waals surface area contributed by atoms with Gasteiger partial charge in [-0.25, -0.2) is 9.97 Å². The summed E-state index contributed by atoms with van der Waals surface area (Å²) in [4.78, 5) is 15.6. The lowest BCUT2D eigenvalue weighted by molar-refractivity contribution is -0.137. The minimum absolute atomic E-state index is 0.238. The summed E-state index contributed by atoms with van der Waals surface area (Å²) in [6.45, 7) is 2.26. The fourth-order valence-electron chi connectivity index (χ4n) is 4.37. The van der Waals surface area contributed by atoms with Crippen molar-refractivity contribution in [2.75, 3.05) is 24.5 Å². The lowest BCUT2D eigenvalue weighted by atomic mass is 9.99. The van der Waals surface area contributed by atoms with Gasteiger partial charge in [-0.15, -0.1) is 0 Å². The first-order valence-corrected chi connectivity index (χ1v) is 11.4. The molecule has 1 unspecified atom stereocenters. The van der Waals surface area contributed by atoms with Gasteiger partial charge in [0.2, 0.25) is 5.95 Å². The molecule has 1 fully saturated rings. The van der Waals surface area contributed by atoms with Crippen LogP contribution >= 0.6 is 0 Å². The highest BCUT2D eigenvalue weighted by molar-refractivity contribution is 5.81. The first-order valence-electron chi connectivity index (χ1n) is 11.4. The SMILES string of the molecule is FC(F)(F)c1cccc(-c2cnc(N3CCNC(Cc4ccccc4)C3)nc2-c2ccncc2)c1. The van der Waals surface area contributed by atoms with Gasteiger partial charge in [-0.2, -0.15) is 13.2 Å². The molecular weight excluding hydrogens is 451 g/mol. The number of anilines is 1. The largest absolute Gasteiger partial charge is 0.416 e. The van der Waals surface area contributed by atoms with Gasteiger partial charge < -0.3 is 10.2 Å². The number of alkyl halides is 3. The second-order valence-corrected chi connectivity index (χ2v) is 8.53. The summed E-state index contributed by atoms with van der Waals surface area (Å²) in [5.74, 6) is 0.562. The Kier molecular flexibility index (Phi) is 6.46. The number of rotatable bonds is 5. The van der Waals surface area contributed by atoms with E-state index in [9.17, 15) is 13.2 Å². The van der Waals surface area contributed by atoms with Gasteiger partial charge >= 0.3 is 6.18 Å². The summed E-state index contributed by atoms with van der Waals surface area (Å²) >= 11 is 0. The number of hydrogen-bond donors (Lipinski definition) is 1. The van der Waals surface area contributed by atoms with Crippen LogP contribution in [0.2, 0.25) is 0 Å². The molecule has 0 bridgehead atoms. The highest BCUT2D eigenvalue weighted by Crippen LogP contribution is 2.35. The normalized spacial score (nSPS) is 16.3. The highest BCUT2D eigenvalue weighted by Gasteiger charge is 2.31. The van der Waals surface area contributed by atoms with E-state index in [0.717, 1.165) is 43.8 Å². The maximum atomic E-state index is 13.4. The number of nitrogens with zero attached hydrogens (tertiary/aromatic N) is 4. The van der Waals surface area contributed by atoms with Gasteiger partial charge in [0, 0.05) is 55.4 Å². The maximum absolute atomic E-state index is 13.4. The molecule has 8 heteroatoms. The van der Waals surface area contributed by atoms with Crippen molar-refractivity contribution in [3.8, 4) is 22.4 Å². The third-order valence-electron chi connectivity index (χ3n) is 6.09. The molecule has 1 atom stereocenters. The van der Waals surface area contributed by atoms with E-state index in [0.29, 0.717) is 22.8 Å². The zero-order valence-electron chi connectivity index (χ0n) is 18.9. The number of aromatic nitrogens is 3. The standard InChI is InChI=1S/C27H24F3N5/c28-27(29,30)22-8-4-7-21(16-22)24-17-33-26(34-25(24)20-9-11-31-12-10-20)35-14-13-32-23(18-35)15-19-5-2-1-3-6-19/h1-12,16-17,23,32H,13-15,18H2. The van der Waals surface area contributed by atoms with Crippen LogP contribution in [-0.4, -0.2) is 40.6 Å². The summed E-state index contributed by atoms with van der Waals surface area (Å²) in [7, 11) is 0. The summed E-state index contributed by atoms with van der Waals surface area (Å²) in [6, 6.07) is 19.4. The Morgan fingerprint density at radius 1 is 0.943 bits per heavy atom. The molecule has 0 saturated carbocycles. The quantitative estimate of drug-likeness (QED) is 0.428. The van der Waals surface area contributed by atoms with E-state index < -0.39 is 11.7 Å². The van der Waals surface area contributed by atoms with Gasteiger partial charge in [0.25, 0.3) is 0 Å². The molecule has 4 aromatic rings. The number of halogens is 3. The molecule has 0 amide bonds. The molecule has 1 saturated heterocycles. The van der Waals surface area contributed by atoms with Crippen LogP contribution in [0.3, 0.4) is 0 Å². The predicted molar refractivity (Wildman–Crippen MR) is 130 cm³/mol. The van der Waals surface area contributed by atoms with Gasteiger partial charge in [-0.05, 0) is 41.8 Å². The fraction of sp³-hybridized carbons (Fsp3) is 0.222. The van der Waals surface area contributed by atoms with Crippen LogP contribution in [0.1, 0.15) is 11.1 Å². The zero-order chi connectivity index (χ0) is 24.3. The monoisotopic (exact) mass is 475 g/mol. The van der Waals surface area contributed by atoms with Crippen LogP contribution in [0.25, 0.3) is 22.4 Å². The molecule has 1 N–H and O–H groups in total. The van der Waals surface area contributed by atoms with E-state index in [1.165, 1.54) is 11.6 Å². The Morgan fingerprint density at radius 3 is 2.51 bits per heavy atom. The molecule has 35 heavy (non-hydrogen) atoms. The average molecular weight is 476 g/mol. The van der Waals surface area contributed by atoms with Crippen LogP contribution < -0.4 is 10.2 Å². The Balaban J connectivity index is 1.49. The Hall–Kier alpha value is -3.78. The first-order chi connectivity index (χ1) is 17.0. The molecule has 2 aromatic carbocycles. The van der Waals surface area contributed by atoms with E-state index in [2.05, 4.69) is 32.3 Å². The summed E-state index contributed by atoms with van der Waals surface area (Å²) in [5, 5.41) is 3.56. The molecule has 5 rings (SSSR count). The summed E-state index contributed by atoms with van der Waals surface area (Å²) < 4.78 is 40.1. The molecule has 0 aliphatic carbocycles. The minimum atomic E-state index is -4.43. The van der Waals surface area contributed by atoms with Gasteiger partial charge in [0.1, 0.15) is 0 Å². The Bertz CT molecular complexity index is 1280. The van der Waals surface area contributed by atoms with E-state index in [4.69, 9.17) is 4.98 Å². The van der Waals surface area contributed by atoms with Gasteiger partial charge in [0.05, 0.1) is 11.3 Å². The van der Waals surface area contributed by atoms with Crippen LogP contribution in [0.5, 0.6) is 0 Å². The molecular formula is C27H24F3N5. The van der Waals surface area contributed by atoms with Crippen molar-refractivity contribution in [2.45, 2.75) is 18.6 Å². The predicted octanol–water partition coefficient (Wildman–Crippen LogP) is 5.25.